The summed E-state index contributed by atoms with van der Waals surface area (Å²) in [4.78, 5) is 9.16. The third-order valence-electron chi connectivity index (χ3n) is 3.30. The fourth-order valence-corrected chi connectivity index (χ4v) is 2.27. The quantitative estimate of drug-likeness (QED) is 0.779. The molecule has 3 aromatic rings. The summed E-state index contributed by atoms with van der Waals surface area (Å²) < 4.78 is 0. The molecule has 2 aromatic heterocycles. The summed E-state index contributed by atoms with van der Waals surface area (Å²) >= 11 is 0. The van der Waals surface area contributed by atoms with Gasteiger partial charge < -0.3 is 5.32 Å². The first-order valence-corrected chi connectivity index (χ1v) is 6.75. The predicted molar refractivity (Wildman–Crippen MR) is 82.8 cm³/mol. The average Bonchev–Trinajstić information content (AvgIpc) is 2.45. The molecule has 0 saturated carbocycles. The number of hydrogen-bond acceptors (Lipinski definition) is 3. The SMILES string of the molecule is Cc1cccc(CNc2nc3ccccc3cc2C)n1. The maximum absolute atomic E-state index is 4.67. The topological polar surface area (TPSA) is 37.8 Å². The molecule has 0 bridgehead atoms. The molecular formula is C17H17N3. The van der Waals surface area contributed by atoms with Crippen molar-refractivity contribution in [3.8, 4) is 0 Å². The van der Waals surface area contributed by atoms with Crippen molar-refractivity contribution < 1.29 is 0 Å². The van der Waals surface area contributed by atoms with E-state index >= 15 is 0 Å². The Balaban J connectivity index is 1.85. The highest BCUT2D eigenvalue weighted by Gasteiger charge is 2.03. The normalized spacial score (nSPS) is 10.7. The number of rotatable bonds is 3. The Kier molecular flexibility index (Phi) is 3.33. The highest BCUT2D eigenvalue weighted by Crippen LogP contribution is 2.19. The van der Waals surface area contributed by atoms with Crippen molar-refractivity contribution >= 4 is 16.7 Å². The molecule has 100 valence electrons. The van der Waals surface area contributed by atoms with Crippen molar-refractivity contribution in [3.05, 3.63) is 65.5 Å². The van der Waals surface area contributed by atoms with E-state index < -0.39 is 0 Å². The number of pyridine rings is 2. The summed E-state index contributed by atoms with van der Waals surface area (Å²) in [5.74, 6) is 0.923. The largest absolute Gasteiger partial charge is 0.364 e. The molecular weight excluding hydrogens is 246 g/mol. The molecule has 20 heavy (non-hydrogen) atoms. The second-order valence-corrected chi connectivity index (χ2v) is 4.97. The van der Waals surface area contributed by atoms with Crippen molar-refractivity contribution in [1.82, 2.24) is 9.97 Å². The second-order valence-electron chi connectivity index (χ2n) is 4.97. The smallest absolute Gasteiger partial charge is 0.129 e. The van der Waals surface area contributed by atoms with Crippen molar-refractivity contribution in [2.24, 2.45) is 0 Å². The zero-order valence-electron chi connectivity index (χ0n) is 11.7. The van der Waals surface area contributed by atoms with Gasteiger partial charge in [-0.15, -0.1) is 0 Å². The lowest BCUT2D eigenvalue weighted by atomic mass is 10.1. The van der Waals surface area contributed by atoms with Crippen LogP contribution in [0.25, 0.3) is 10.9 Å². The highest BCUT2D eigenvalue weighted by molar-refractivity contribution is 5.81. The molecule has 0 unspecified atom stereocenters. The Labute approximate surface area is 118 Å². The molecule has 1 aromatic carbocycles. The number of anilines is 1. The van der Waals surface area contributed by atoms with Crippen molar-refractivity contribution in [1.29, 1.82) is 0 Å². The van der Waals surface area contributed by atoms with E-state index in [9.17, 15) is 0 Å². The summed E-state index contributed by atoms with van der Waals surface area (Å²) in [7, 11) is 0. The summed E-state index contributed by atoms with van der Waals surface area (Å²) in [6.07, 6.45) is 0. The number of hydrogen-bond donors (Lipinski definition) is 1. The zero-order valence-corrected chi connectivity index (χ0v) is 11.7. The van der Waals surface area contributed by atoms with Gasteiger partial charge in [-0.25, -0.2) is 4.98 Å². The lowest BCUT2D eigenvalue weighted by Crippen LogP contribution is -2.05. The number of aromatic nitrogens is 2. The van der Waals surface area contributed by atoms with Gasteiger partial charge in [-0.2, -0.15) is 0 Å². The Hall–Kier alpha value is -2.42. The van der Waals surface area contributed by atoms with Gasteiger partial charge in [0.15, 0.2) is 0 Å². The van der Waals surface area contributed by atoms with Crippen LogP contribution in [0.15, 0.2) is 48.5 Å². The molecule has 3 nitrogen and oxygen atoms in total. The van der Waals surface area contributed by atoms with E-state index in [1.165, 1.54) is 5.39 Å². The van der Waals surface area contributed by atoms with Gasteiger partial charge in [-0.05, 0) is 43.7 Å². The van der Waals surface area contributed by atoms with E-state index in [2.05, 4.69) is 34.3 Å². The lowest BCUT2D eigenvalue weighted by Gasteiger charge is -2.10. The van der Waals surface area contributed by atoms with E-state index in [-0.39, 0.29) is 0 Å². The molecule has 0 fully saturated rings. The fraction of sp³-hybridized carbons (Fsp3) is 0.176. The van der Waals surface area contributed by atoms with Crippen molar-refractivity contribution in [3.63, 3.8) is 0 Å². The molecule has 1 N–H and O–H groups in total. The molecule has 0 aliphatic heterocycles. The number of benzene rings is 1. The number of fused-ring (bicyclic) bond motifs is 1. The Morgan fingerprint density at radius 3 is 2.65 bits per heavy atom. The number of nitrogens with zero attached hydrogens (tertiary/aromatic N) is 2. The minimum absolute atomic E-state index is 0.688. The first-order valence-electron chi connectivity index (χ1n) is 6.75. The maximum Gasteiger partial charge on any atom is 0.129 e. The Morgan fingerprint density at radius 1 is 0.950 bits per heavy atom. The molecule has 3 rings (SSSR count). The zero-order chi connectivity index (χ0) is 13.9. The third kappa shape index (κ3) is 2.62. The summed E-state index contributed by atoms with van der Waals surface area (Å²) in [5.41, 5.74) is 4.22. The number of nitrogens with one attached hydrogen (secondary N) is 1. The number of aryl methyl sites for hydroxylation is 2. The maximum atomic E-state index is 4.67. The van der Waals surface area contributed by atoms with Gasteiger partial charge in [0.05, 0.1) is 17.8 Å². The van der Waals surface area contributed by atoms with Gasteiger partial charge in [0.25, 0.3) is 0 Å². The molecule has 3 heteroatoms. The van der Waals surface area contributed by atoms with E-state index in [4.69, 9.17) is 0 Å². The summed E-state index contributed by atoms with van der Waals surface area (Å²) in [6, 6.07) is 16.4. The van der Waals surface area contributed by atoms with Gasteiger partial charge in [-0.1, -0.05) is 24.3 Å². The van der Waals surface area contributed by atoms with Crippen LogP contribution in [0.2, 0.25) is 0 Å². The minimum Gasteiger partial charge on any atom is -0.364 e. The second kappa shape index (κ2) is 5.29. The first kappa shape index (κ1) is 12.6. The molecule has 0 aliphatic rings. The standard InChI is InChI=1S/C17H17N3/c1-12-10-14-7-3-4-9-16(14)20-17(12)18-11-15-8-5-6-13(2)19-15/h3-10H,11H2,1-2H3,(H,18,20). The molecule has 0 amide bonds. The molecule has 0 spiro atoms. The van der Waals surface area contributed by atoms with Crippen LogP contribution in [-0.2, 0) is 6.54 Å². The molecule has 0 aliphatic carbocycles. The third-order valence-corrected chi connectivity index (χ3v) is 3.30. The van der Waals surface area contributed by atoms with Crippen LogP contribution in [0.5, 0.6) is 0 Å². The summed E-state index contributed by atoms with van der Waals surface area (Å²) in [6.45, 7) is 4.77. The van der Waals surface area contributed by atoms with E-state index in [0.717, 1.165) is 28.3 Å². The minimum atomic E-state index is 0.688. The predicted octanol–water partition coefficient (Wildman–Crippen LogP) is 3.86. The van der Waals surface area contributed by atoms with Gasteiger partial charge in [-0.3, -0.25) is 4.98 Å². The van der Waals surface area contributed by atoms with Gasteiger partial charge in [0.2, 0.25) is 0 Å². The molecule has 0 atom stereocenters. The van der Waals surface area contributed by atoms with Gasteiger partial charge in [0.1, 0.15) is 5.82 Å². The first-order chi connectivity index (χ1) is 9.72. The van der Waals surface area contributed by atoms with Crippen molar-refractivity contribution in [2.75, 3.05) is 5.32 Å². The average molecular weight is 263 g/mol. The van der Waals surface area contributed by atoms with Gasteiger partial charge in [0, 0.05) is 11.1 Å². The molecule has 0 radical (unpaired) electrons. The molecule has 2 heterocycles. The van der Waals surface area contributed by atoms with Crippen LogP contribution in [0.4, 0.5) is 5.82 Å². The lowest BCUT2D eigenvalue weighted by molar-refractivity contribution is 1.00. The Morgan fingerprint density at radius 2 is 1.80 bits per heavy atom. The van der Waals surface area contributed by atoms with Crippen LogP contribution < -0.4 is 5.32 Å². The Bertz CT molecular complexity index is 750. The summed E-state index contributed by atoms with van der Waals surface area (Å²) in [5, 5.41) is 4.55. The van der Waals surface area contributed by atoms with Gasteiger partial charge >= 0.3 is 0 Å². The van der Waals surface area contributed by atoms with E-state index in [1.54, 1.807) is 0 Å². The number of para-hydroxylation sites is 1. The monoisotopic (exact) mass is 263 g/mol. The van der Waals surface area contributed by atoms with Crippen LogP contribution in [-0.4, -0.2) is 9.97 Å². The van der Waals surface area contributed by atoms with E-state index in [0.29, 0.717) is 6.54 Å². The van der Waals surface area contributed by atoms with Crippen LogP contribution in [0, 0.1) is 13.8 Å². The fourth-order valence-electron chi connectivity index (χ4n) is 2.27. The molecule has 0 saturated heterocycles. The van der Waals surface area contributed by atoms with Crippen LogP contribution in [0.3, 0.4) is 0 Å². The van der Waals surface area contributed by atoms with E-state index in [1.807, 2.05) is 43.3 Å². The van der Waals surface area contributed by atoms with Crippen molar-refractivity contribution in [2.45, 2.75) is 20.4 Å². The van der Waals surface area contributed by atoms with Crippen LogP contribution in [0.1, 0.15) is 17.0 Å². The highest BCUT2D eigenvalue weighted by atomic mass is 15.0. The van der Waals surface area contributed by atoms with Crippen LogP contribution >= 0.6 is 0 Å².